The Morgan fingerprint density at radius 1 is 1.33 bits per heavy atom. The van der Waals surface area contributed by atoms with E-state index >= 15 is 0 Å². The molecule has 7 heteroatoms. The van der Waals surface area contributed by atoms with Crippen LogP contribution in [0.1, 0.15) is 10.4 Å². The molecular weight excluding hydrogens is 342 g/mol. The van der Waals surface area contributed by atoms with E-state index in [0.717, 1.165) is 0 Å². The molecule has 1 aromatic carbocycles. The van der Waals surface area contributed by atoms with E-state index < -0.39 is 18.3 Å². The molecule has 0 atom stereocenters. The van der Waals surface area contributed by atoms with Crippen LogP contribution in [0.4, 0.5) is 8.78 Å². The molecule has 0 saturated heterocycles. The van der Waals surface area contributed by atoms with Crippen molar-refractivity contribution in [2.24, 2.45) is 0 Å². The topological polar surface area (TPSA) is 46.5 Å². The van der Waals surface area contributed by atoms with Gasteiger partial charge < -0.3 is 9.84 Å². The van der Waals surface area contributed by atoms with Crippen molar-refractivity contribution < 1.29 is 23.4 Å². The van der Waals surface area contributed by atoms with Crippen LogP contribution in [0, 0.1) is 0 Å². The summed E-state index contributed by atoms with van der Waals surface area (Å²) >= 11 is 5.88. The van der Waals surface area contributed by atoms with Crippen LogP contribution in [0.25, 0.3) is 0 Å². The molecule has 0 heterocycles. The summed E-state index contributed by atoms with van der Waals surface area (Å²) in [6, 6.07) is 2.83. The van der Waals surface area contributed by atoms with E-state index in [2.05, 4.69) is 36.6 Å². The molecule has 82 valence electrons. The van der Waals surface area contributed by atoms with Crippen molar-refractivity contribution >= 4 is 37.8 Å². The Labute approximate surface area is 100 Å². The van der Waals surface area contributed by atoms with Gasteiger partial charge in [-0.2, -0.15) is 8.78 Å². The first-order valence-corrected chi connectivity index (χ1v) is 5.18. The first kappa shape index (κ1) is 12.4. The van der Waals surface area contributed by atoms with E-state index in [1.807, 2.05) is 0 Å². The van der Waals surface area contributed by atoms with Gasteiger partial charge in [-0.15, -0.1) is 0 Å². The van der Waals surface area contributed by atoms with Crippen molar-refractivity contribution in [3.63, 3.8) is 0 Å². The number of aromatic carboxylic acids is 1. The van der Waals surface area contributed by atoms with Gasteiger partial charge in [-0.1, -0.05) is 0 Å². The molecule has 0 fully saturated rings. The number of rotatable bonds is 3. The zero-order chi connectivity index (χ0) is 11.6. The van der Waals surface area contributed by atoms with Crippen LogP contribution >= 0.6 is 31.9 Å². The smallest absolute Gasteiger partial charge is 0.387 e. The molecule has 0 aliphatic carbocycles. The molecule has 0 aliphatic heterocycles. The number of ether oxygens (including phenoxy) is 1. The van der Waals surface area contributed by atoms with Gasteiger partial charge in [0.1, 0.15) is 5.56 Å². The first-order chi connectivity index (χ1) is 6.93. The van der Waals surface area contributed by atoms with E-state index in [0.29, 0.717) is 0 Å². The quantitative estimate of drug-likeness (QED) is 0.911. The van der Waals surface area contributed by atoms with E-state index in [1.54, 1.807) is 0 Å². The van der Waals surface area contributed by atoms with Crippen LogP contribution in [-0.2, 0) is 0 Å². The summed E-state index contributed by atoms with van der Waals surface area (Å²) in [6.45, 7) is -3.08. The summed E-state index contributed by atoms with van der Waals surface area (Å²) in [5, 5.41) is 8.81. The highest BCUT2D eigenvalue weighted by molar-refractivity contribution is 9.11. The zero-order valence-electron chi connectivity index (χ0n) is 7.01. The van der Waals surface area contributed by atoms with Gasteiger partial charge >= 0.3 is 12.6 Å². The average molecular weight is 346 g/mol. The second kappa shape index (κ2) is 4.89. The van der Waals surface area contributed by atoms with Crippen LogP contribution < -0.4 is 4.74 Å². The monoisotopic (exact) mass is 344 g/mol. The fourth-order valence-electron chi connectivity index (χ4n) is 0.937. The lowest BCUT2D eigenvalue weighted by atomic mass is 10.2. The summed E-state index contributed by atoms with van der Waals surface area (Å²) in [4.78, 5) is 10.8. The Morgan fingerprint density at radius 3 is 2.33 bits per heavy atom. The molecule has 0 bridgehead atoms. The van der Waals surface area contributed by atoms with Gasteiger partial charge in [-0.25, -0.2) is 4.79 Å². The molecule has 1 rings (SSSR count). The highest BCUT2D eigenvalue weighted by Gasteiger charge is 2.21. The van der Waals surface area contributed by atoms with Crippen molar-refractivity contribution in [1.29, 1.82) is 0 Å². The summed E-state index contributed by atoms with van der Waals surface area (Å²) in [5.74, 6) is -1.74. The molecule has 15 heavy (non-hydrogen) atoms. The average Bonchev–Trinajstić information content (AvgIpc) is 2.10. The number of hydrogen-bond acceptors (Lipinski definition) is 2. The highest BCUT2D eigenvalue weighted by atomic mass is 79.9. The number of carboxylic acid groups (broad SMARTS) is 1. The number of halogens is 4. The molecule has 1 N–H and O–H groups in total. The van der Waals surface area contributed by atoms with E-state index in [-0.39, 0.29) is 14.5 Å². The van der Waals surface area contributed by atoms with Gasteiger partial charge in [0.05, 0.1) is 4.47 Å². The van der Waals surface area contributed by atoms with Crippen molar-refractivity contribution in [2.45, 2.75) is 6.61 Å². The minimum atomic E-state index is -3.08. The molecule has 0 amide bonds. The van der Waals surface area contributed by atoms with Crippen LogP contribution in [0.5, 0.6) is 5.75 Å². The normalized spacial score (nSPS) is 10.5. The maximum absolute atomic E-state index is 12.0. The van der Waals surface area contributed by atoms with Crippen LogP contribution in [-0.4, -0.2) is 17.7 Å². The molecule has 0 aliphatic rings. The lowest BCUT2D eigenvalue weighted by Crippen LogP contribution is -2.09. The molecule has 0 aromatic heterocycles. The fraction of sp³-hybridized carbons (Fsp3) is 0.125. The maximum atomic E-state index is 12.0. The van der Waals surface area contributed by atoms with Crippen LogP contribution in [0.3, 0.4) is 0 Å². The van der Waals surface area contributed by atoms with Crippen LogP contribution in [0.2, 0.25) is 0 Å². The third-order valence-corrected chi connectivity index (χ3v) is 2.76. The lowest BCUT2D eigenvalue weighted by Gasteiger charge is -2.11. The first-order valence-electron chi connectivity index (χ1n) is 3.59. The standard InChI is InChI=1S/C8H4Br2F2O3/c9-3-1-2-4(10)6(15-8(11)12)5(3)7(13)14/h1-2,8H,(H,13,14). The fourth-order valence-corrected chi connectivity index (χ4v) is 1.84. The van der Waals surface area contributed by atoms with Gasteiger partial charge in [-0.05, 0) is 44.0 Å². The van der Waals surface area contributed by atoms with E-state index in [9.17, 15) is 13.6 Å². The van der Waals surface area contributed by atoms with Gasteiger partial charge in [0, 0.05) is 4.47 Å². The number of hydrogen-bond donors (Lipinski definition) is 1. The van der Waals surface area contributed by atoms with Crippen molar-refractivity contribution in [2.75, 3.05) is 0 Å². The van der Waals surface area contributed by atoms with Crippen LogP contribution in [0.15, 0.2) is 21.1 Å². The molecule has 0 radical (unpaired) electrons. The summed E-state index contributed by atoms with van der Waals surface area (Å²) in [7, 11) is 0. The van der Waals surface area contributed by atoms with Crippen molar-refractivity contribution in [1.82, 2.24) is 0 Å². The molecular formula is C8H4Br2F2O3. The Bertz CT molecular complexity index is 396. The van der Waals surface area contributed by atoms with Gasteiger partial charge in [0.2, 0.25) is 0 Å². The Hall–Kier alpha value is -0.690. The van der Waals surface area contributed by atoms with Gasteiger partial charge in [-0.3, -0.25) is 0 Å². The minimum absolute atomic E-state index is 0.156. The third kappa shape index (κ3) is 2.88. The third-order valence-electron chi connectivity index (χ3n) is 1.48. The SMILES string of the molecule is O=C(O)c1c(Br)ccc(Br)c1OC(F)F. The Morgan fingerprint density at radius 2 is 1.87 bits per heavy atom. The van der Waals surface area contributed by atoms with E-state index in [1.165, 1.54) is 12.1 Å². The summed E-state index contributed by atoms with van der Waals surface area (Å²) in [6.07, 6.45) is 0. The Balaban J connectivity index is 3.31. The van der Waals surface area contributed by atoms with Crippen molar-refractivity contribution in [3.05, 3.63) is 26.6 Å². The summed E-state index contributed by atoms with van der Waals surface area (Å²) < 4.78 is 28.5. The predicted octanol–water partition coefficient (Wildman–Crippen LogP) is 3.51. The molecule has 0 spiro atoms. The molecule has 3 nitrogen and oxygen atoms in total. The number of benzene rings is 1. The lowest BCUT2D eigenvalue weighted by molar-refractivity contribution is -0.0508. The highest BCUT2D eigenvalue weighted by Crippen LogP contribution is 2.35. The largest absolute Gasteiger partial charge is 0.478 e. The Kier molecular flexibility index (Phi) is 4.04. The second-order valence-electron chi connectivity index (χ2n) is 2.42. The number of carboxylic acids is 1. The van der Waals surface area contributed by atoms with Crippen molar-refractivity contribution in [3.8, 4) is 5.75 Å². The summed E-state index contributed by atoms with van der Waals surface area (Å²) in [5.41, 5.74) is -0.343. The van der Waals surface area contributed by atoms with Gasteiger partial charge in [0.25, 0.3) is 0 Å². The van der Waals surface area contributed by atoms with E-state index in [4.69, 9.17) is 5.11 Å². The van der Waals surface area contributed by atoms with Gasteiger partial charge in [0.15, 0.2) is 5.75 Å². The molecule has 0 unspecified atom stereocenters. The maximum Gasteiger partial charge on any atom is 0.387 e. The molecule has 0 saturated carbocycles. The number of alkyl halides is 2. The number of carbonyl (C=O) groups is 1. The minimum Gasteiger partial charge on any atom is -0.478 e. The second-order valence-corrected chi connectivity index (χ2v) is 4.13. The zero-order valence-corrected chi connectivity index (χ0v) is 10.2. The predicted molar refractivity (Wildman–Crippen MR) is 55.4 cm³/mol. The molecule has 1 aromatic rings.